The number of aryl methyl sites for hydroxylation is 2. The molecule has 0 aliphatic rings. The van der Waals surface area contributed by atoms with Crippen LogP contribution in [0.2, 0.25) is 0 Å². The Balaban J connectivity index is 1.78. The van der Waals surface area contributed by atoms with Crippen LogP contribution >= 0.6 is 0 Å². The third-order valence-electron chi connectivity index (χ3n) is 4.52. The zero-order valence-electron chi connectivity index (χ0n) is 16.8. The van der Waals surface area contributed by atoms with E-state index in [2.05, 4.69) is 10.7 Å². The SMILES string of the molecule is COc1ccc(C(=O)Nc2cccc(C(=O)Nn3c(C)ccc3C)c2)c(OC)c1. The number of ether oxygens (including phenoxy) is 2. The summed E-state index contributed by atoms with van der Waals surface area (Å²) in [7, 11) is 3.03. The quantitative estimate of drug-likeness (QED) is 0.668. The Kier molecular flexibility index (Phi) is 5.87. The van der Waals surface area contributed by atoms with Gasteiger partial charge in [0.1, 0.15) is 11.5 Å². The number of anilines is 1. The maximum absolute atomic E-state index is 12.7. The minimum atomic E-state index is -0.348. The second kappa shape index (κ2) is 8.52. The predicted octanol–water partition coefficient (Wildman–Crippen LogP) is 3.76. The minimum absolute atomic E-state index is 0.273. The van der Waals surface area contributed by atoms with Crippen molar-refractivity contribution in [3.05, 3.63) is 77.1 Å². The molecule has 0 fully saturated rings. The number of carbonyl (C=O) groups excluding carboxylic acids is 2. The van der Waals surface area contributed by atoms with Crippen molar-refractivity contribution in [3.63, 3.8) is 0 Å². The van der Waals surface area contributed by atoms with Crippen LogP contribution in [0.25, 0.3) is 0 Å². The van der Waals surface area contributed by atoms with Crippen molar-refractivity contribution in [2.75, 3.05) is 25.0 Å². The fourth-order valence-electron chi connectivity index (χ4n) is 2.93. The molecule has 3 rings (SSSR count). The molecular formula is C22H23N3O4. The zero-order chi connectivity index (χ0) is 21.0. The van der Waals surface area contributed by atoms with Crippen LogP contribution < -0.4 is 20.2 Å². The summed E-state index contributed by atoms with van der Waals surface area (Å²) in [5, 5.41) is 2.80. The van der Waals surface area contributed by atoms with E-state index in [9.17, 15) is 9.59 Å². The van der Waals surface area contributed by atoms with Crippen molar-refractivity contribution in [1.82, 2.24) is 4.68 Å². The lowest BCUT2D eigenvalue weighted by Crippen LogP contribution is -2.24. The second-order valence-corrected chi connectivity index (χ2v) is 6.49. The van der Waals surface area contributed by atoms with Gasteiger partial charge in [0.25, 0.3) is 11.8 Å². The molecular weight excluding hydrogens is 370 g/mol. The molecule has 2 N–H and O–H groups in total. The van der Waals surface area contributed by atoms with Crippen LogP contribution in [0, 0.1) is 13.8 Å². The fraction of sp³-hybridized carbons (Fsp3) is 0.182. The molecule has 150 valence electrons. The number of nitrogens with one attached hydrogen (secondary N) is 2. The van der Waals surface area contributed by atoms with E-state index < -0.39 is 0 Å². The van der Waals surface area contributed by atoms with E-state index in [1.807, 2.05) is 26.0 Å². The number of nitrogens with zero attached hydrogens (tertiary/aromatic N) is 1. The van der Waals surface area contributed by atoms with Crippen LogP contribution in [0.5, 0.6) is 11.5 Å². The Morgan fingerprint density at radius 2 is 1.59 bits per heavy atom. The van der Waals surface area contributed by atoms with Crippen LogP contribution in [-0.2, 0) is 0 Å². The third-order valence-corrected chi connectivity index (χ3v) is 4.52. The number of carbonyl (C=O) groups is 2. The first kappa shape index (κ1) is 20.0. The maximum atomic E-state index is 12.7. The Bertz CT molecular complexity index is 1040. The van der Waals surface area contributed by atoms with E-state index in [1.54, 1.807) is 54.3 Å². The smallest absolute Gasteiger partial charge is 0.270 e. The van der Waals surface area contributed by atoms with Crippen molar-refractivity contribution in [3.8, 4) is 11.5 Å². The summed E-state index contributed by atoms with van der Waals surface area (Å²) in [5.41, 5.74) is 5.99. The molecule has 1 heterocycles. The molecule has 1 aromatic heterocycles. The summed E-state index contributed by atoms with van der Waals surface area (Å²) in [4.78, 5) is 25.3. The first-order valence-corrected chi connectivity index (χ1v) is 9.02. The summed E-state index contributed by atoms with van der Waals surface area (Å²) in [5.74, 6) is 0.367. The largest absolute Gasteiger partial charge is 0.497 e. The van der Waals surface area contributed by atoms with E-state index in [0.717, 1.165) is 11.4 Å². The lowest BCUT2D eigenvalue weighted by atomic mass is 10.1. The summed E-state index contributed by atoms with van der Waals surface area (Å²) in [6.07, 6.45) is 0. The van der Waals surface area contributed by atoms with Gasteiger partial charge >= 0.3 is 0 Å². The number of amides is 2. The summed E-state index contributed by atoms with van der Waals surface area (Å²) in [6, 6.07) is 15.5. The second-order valence-electron chi connectivity index (χ2n) is 6.49. The number of aromatic nitrogens is 1. The molecule has 0 saturated carbocycles. The van der Waals surface area contributed by atoms with Gasteiger partial charge in [-0.05, 0) is 56.3 Å². The van der Waals surface area contributed by atoms with Gasteiger partial charge in [0.05, 0.1) is 19.8 Å². The van der Waals surface area contributed by atoms with E-state index in [4.69, 9.17) is 9.47 Å². The molecule has 7 nitrogen and oxygen atoms in total. The Labute approximate surface area is 169 Å². The normalized spacial score (nSPS) is 10.3. The lowest BCUT2D eigenvalue weighted by Gasteiger charge is -2.13. The van der Waals surface area contributed by atoms with Gasteiger partial charge in [-0.15, -0.1) is 0 Å². The molecule has 0 aliphatic heterocycles. The van der Waals surface area contributed by atoms with E-state index in [1.165, 1.54) is 7.11 Å². The van der Waals surface area contributed by atoms with E-state index in [0.29, 0.717) is 28.3 Å². The standard InChI is InChI=1S/C22H23N3O4/c1-14-8-9-15(2)25(14)24-21(26)16-6-5-7-17(12-16)23-22(27)19-11-10-18(28-3)13-20(19)29-4/h5-13H,1-4H3,(H,23,27)(H,24,26). The van der Waals surface area contributed by atoms with Gasteiger partial charge in [-0.1, -0.05) is 6.07 Å². The molecule has 7 heteroatoms. The van der Waals surface area contributed by atoms with Crippen molar-refractivity contribution in [2.45, 2.75) is 13.8 Å². The number of methoxy groups -OCH3 is 2. The minimum Gasteiger partial charge on any atom is -0.497 e. The highest BCUT2D eigenvalue weighted by molar-refractivity contribution is 6.07. The molecule has 0 atom stereocenters. The number of benzene rings is 2. The number of rotatable bonds is 6. The van der Waals surface area contributed by atoms with Gasteiger partial charge in [-0.25, -0.2) is 0 Å². The van der Waals surface area contributed by atoms with Crippen LogP contribution in [0.3, 0.4) is 0 Å². The molecule has 2 aromatic carbocycles. The van der Waals surface area contributed by atoms with Gasteiger partial charge in [0.15, 0.2) is 0 Å². The van der Waals surface area contributed by atoms with Crippen LogP contribution in [-0.4, -0.2) is 30.7 Å². The van der Waals surface area contributed by atoms with Crippen molar-refractivity contribution >= 4 is 17.5 Å². The Morgan fingerprint density at radius 3 is 2.24 bits per heavy atom. The molecule has 29 heavy (non-hydrogen) atoms. The maximum Gasteiger partial charge on any atom is 0.270 e. The average molecular weight is 393 g/mol. The summed E-state index contributed by atoms with van der Waals surface area (Å²) >= 11 is 0. The van der Waals surface area contributed by atoms with Gasteiger partial charge in [-0.2, -0.15) is 0 Å². The zero-order valence-corrected chi connectivity index (χ0v) is 16.8. The molecule has 0 spiro atoms. The lowest BCUT2D eigenvalue weighted by molar-refractivity contribution is 0.100. The van der Waals surface area contributed by atoms with Crippen LogP contribution in [0.15, 0.2) is 54.6 Å². The molecule has 0 radical (unpaired) electrons. The van der Waals surface area contributed by atoms with Crippen LogP contribution in [0.1, 0.15) is 32.1 Å². The number of hydrogen-bond donors (Lipinski definition) is 2. The van der Waals surface area contributed by atoms with Gasteiger partial charge in [0, 0.05) is 28.7 Å². The van der Waals surface area contributed by atoms with Crippen molar-refractivity contribution in [1.29, 1.82) is 0 Å². The molecule has 0 saturated heterocycles. The van der Waals surface area contributed by atoms with E-state index >= 15 is 0 Å². The monoisotopic (exact) mass is 393 g/mol. The first-order valence-electron chi connectivity index (χ1n) is 9.02. The topological polar surface area (TPSA) is 81.6 Å². The van der Waals surface area contributed by atoms with Gasteiger partial charge in [-0.3, -0.25) is 19.7 Å². The first-order chi connectivity index (χ1) is 13.9. The van der Waals surface area contributed by atoms with Crippen molar-refractivity contribution < 1.29 is 19.1 Å². The highest BCUT2D eigenvalue weighted by atomic mass is 16.5. The van der Waals surface area contributed by atoms with E-state index in [-0.39, 0.29) is 11.8 Å². The molecule has 3 aromatic rings. The molecule has 0 aliphatic carbocycles. The average Bonchev–Trinajstić information content (AvgIpc) is 3.05. The molecule has 0 unspecified atom stereocenters. The summed E-state index contributed by atoms with van der Waals surface area (Å²) < 4.78 is 12.2. The number of hydrogen-bond acceptors (Lipinski definition) is 4. The highest BCUT2D eigenvalue weighted by Gasteiger charge is 2.15. The van der Waals surface area contributed by atoms with Gasteiger partial charge < -0.3 is 14.8 Å². The summed E-state index contributed by atoms with van der Waals surface area (Å²) in [6.45, 7) is 3.82. The molecule has 2 amide bonds. The molecule has 0 bridgehead atoms. The third kappa shape index (κ3) is 4.40. The highest BCUT2D eigenvalue weighted by Crippen LogP contribution is 2.25. The van der Waals surface area contributed by atoms with Crippen LogP contribution in [0.4, 0.5) is 5.69 Å². The fourth-order valence-corrected chi connectivity index (χ4v) is 2.93. The van der Waals surface area contributed by atoms with Gasteiger partial charge in [0.2, 0.25) is 0 Å². The predicted molar refractivity (Wildman–Crippen MR) is 112 cm³/mol. The Hall–Kier alpha value is -3.74. The Morgan fingerprint density at radius 1 is 0.862 bits per heavy atom. The van der Waals surface area contributed by atoms with Crippen molar-refractivity contribution in [2.24, 2.45) is 0 Å².